The molecule has 0 aliphatic carbocycles. The lowest BCUT2D eigenvalue weighted by atomic mass is 10.0. The average Bonchev–Trinajstić information content (AvgIpc) is 2.69. The Morgan fingerprint density at radius 2 is 1.41 bits per heavy atom. The Labute approximate surface area is 167 Å². The Bertz CT molecular complexity index is 282. The number of unbranched alkanes of at least 4 members (excludes halogenated alkanes) is 1. The molecule has 0 radical (unpaired) electrons. The zero-order valence-corrected chi connectivity index (χ0v) is 18.0. The molecule has 0 bridgehead atoms. The van der Waals surface area contributed by atoms with E-state index in [9.17, 15) is 0 Å². The predicted molar refractivity (Wildman–Crippen MR) is 110 cm³/mol. The van der Waals surface area contributed by atoms with Crippen molar-refractivity contribution in [3.63, 3.8) is 0 Å². The van der Waals surface area contributed by atoms with Gasteiger partial charge in [-0.3, -0.25) is 4.90 Å². The molecule has 0 aliphatic heterocycles. The van der Waals surface area contributed by atoms with Crippen LogP contribution in [0, 0.1) is 5.92 Å². The van der Waals surface area contributed by atoms with Crippen LogP contribution in [0.3, 0.4) is 0 Å². The van der Waals surface area contributed by atoms with Crippen LogP contribution in [0.1, 0.15) is 59.3 Å². The summed E-state index contributed by atoms with van der Waals surface area (Å²) in [7, 11) is 0. The molecule has 2 N–H and O–H groups in total. The number of aliphatic hydroxyl groups excluding tert-OH is 2. The maximum Gasteiger partial charge on any atom is 0.0698 e. The first-order valence-corrected chi connectivity index (χ1v) is 10.9. The van der Waals surface area contributed by atoms with Crippen LogP contribution in [-0.4, -0.2) is 87.1 Å². The van der Waals surface area contributed by atoms with Gasteiger partial charge in [-0.1, -0.05) is 40.0 Å². The molecule has 0 aromatic rings. The van der Waals surface area contributed by atoms with Crippen molar-refractivity contribution >= 4 is 0 Å². The predicted octanol–water partition coefficient (Wildman–Crippen LogP) is 2.71. The van der Waals surface area contributed by atoms with E-state index in [1.54, 1.807) is 0 Å². The van der Waals surface area contributed by atoms with Crippen LogP contribution in [0.4, 0.5) is 0 Å². The van der Waals surface area contributed by atoms with Crippen LogP contribution in [0.15, 0.2) is 0 Å². The summed E-state index contributed by atoms with van der Waals surface area (Å²) in [5.74, 6) is 0.675. The molecule has 2 atom stereocenters. The van der Waals surface area contributed by atoms with Gasteiger partial charge in [0.05, 0.1) is 45.7 Å². The zero-order valence-electron chi connectivity index (χ0n) is 18.0. The monoisotopic (exact) mass is 391 g/mol. The zero-order chi connectivity index (χ0) is 20.2. The van der Waals surface area contributed by atoms with Gasteiger partial charge in [-0.05, 0) is 25.2 Å². The van der Waals surface area contributed by atoms with E-state index in [0.29, 0.717) is 38.4 Å². The van der Waals surface area contributed by atoms with Gasteiger partial charge in [0.25, 0.3) is 0 Å². The minimum absolute atomic E-state index is 0.0575. The van der Waals surface area contributed by atoms with E-state index >= 15 is 0 Å². The lowest BCUT2D eigenvalue weighted by Gasteiger charge is -2.26. The third kappa shape index (κ3) is 16.4. The van der Waals surface area contributed by atoms with E-state index in [1.807, 2.05) is 0 Å². The van der Waals surface area contributed by atoms with Gasteiger partial charge in [0.15, 0.2) is 0 Å². The van der Waals surface area contributed by atoms with Crippen molar-refractivity contribution in [3.8, 4) is 0 Å². The second-order valence-electron chi connectivity index (χ2n) is 7.08. The van der Waals surface area contributed by atoms with E-state index in [-0.39, 0.29) is 13.2 Å². The Morgan fingerprint density at radius 3 is 1.89 bits per heavy atom. The van der Waals surface area contributed by atoms with Crippen molar-refractivity contribution in [2.75, 3.05) is 65.9 Å². The highest BCUT2D eigenvalue weighted by atomic mass is 16.5. The fourth-order valence-corrected chi connectivity index (χ4v) is 2.96. The number of rotatable bonds is 21. The van der Waals surface area contributed by atoms with Gasteiger partial charge in [0.2, 0.25) is 0 Å². The molecule has 6 nitrogen and oxygen atoms in total. The molecule has 0 saturated carbocycles. The van der Waals surface area contributed by atoms with E-state index in [0.717, 1.165) is 39.1 Å². The Balaban J connectivity index is 4.24. The maximum atomic E-state index is 8.82. The van der Waals surface area contributed by atoms with Gasteiger partial charge in [0.1, 0.15) is 0 Å². The van der Waals surface area contributed by atoms with Gasteiger partial charge < -0.3 is 24.4 Å². The highest BCUT2D eigenvalue weighted by Crippen LogP contribution is 2.15. The van der Waals surface area contributed by atoms with Crippen LogP contribution in [0.25, 0.3) is 0 Å². The molecule has 0 amide bonds. The third-order valence-corrected chi connectivity index (χ3v) is 4.91. The number of nitrogens with zero attached hydrogens (tertiary/aromatic N) is 1. The molecular weight excluding hydrogens is 346 g/mol. The van der Waals surface area contributed by atoms with Gasteiger partial charge in [0, 0.05) is 26.2 Å². The lowest BCUT2D eigenvalue weighted by molar-refractivity contribution is 0.00675. The number of hydrogen-bond donors (Lipinski definition) is 2. The van der Waals surface area contributed by atoms with Gasteiger partial charge in [-0.2, -0.15) is 0 Å². The summed E-state index contributed by atoms with van der Waals surface area (Å²) >= 11 is 0. The molecule has 0 heterocycles. The second-order valence-corrected chi connectivity index (χ2v) is 7.08. The smallest absolute Gasteiger partial charge is 0.0698 e. The van der Waals surface area contributed by atoms with Crippen LogP contribution < -0.4 is 0 Å². The van der Waals surface area contributed by atoms with Crippen LogP contribution >= 0.6 is 0 Å². The molecule has 0 aromatic carbocycles. The van der Waals surface area contributed by atoms with E-state index in [1.165, 1.54) is 25.7 Å². The molecule has 164 valence electrons. The third-order valence-electron chi connectivity index (χ3n) is 4.91. The molecule has 2 unspecified atom stereocenters. The standard InChI is InChI=1S/C21H45NO5/c1-4-7-8-20(5-2)19-27-21(6-3)9-10-22(11-15-25-17-13-23)12-16-26-18-14-24/h20-21,23-24H,4-19H2,1-3H3. The van der Waals surface area contributed by atoms with E-state index < -0.39 is 0 Å². The minimum Gasteiger partial charge on any atom is -0.394 e. The van der Waals surface area contributed by atoms with Crippen molar-refractivity contribution < 1.29 is 24.4 Å². The van der Waals surface area contributed by atoms with Gasteiger partial charge >= 0.3 is 0 Å². The molecule has 0 fully saturated rings. The van der Waals surface area contributed by atoms with E-state index in [2.05, 4.69) is 25.7 Å². The highest BCUT2D eigenvalue weighted by Gasteiger charge is 2.14. The topological polar surface area (TPSA) is 71.4 Å². The van der Waals surface area contributed by atoms with Crippen molar-refractivity contribution in [2.45, 2.75) is 65.4 Å². The van der Waals surface area contributed by atoms with Crippen molar-refractivity contribution in [1.82, 2.24) is 4.90 Å². The average molecular weight is 392 g/mol. The summed E-state index contributed by atoms with van der Waals surface area (Å²) in [4.78, 5) is 2.31. The molecule has 0 aliphatic rings. The van der Waals surface area contributed by atoms with Crippen molar-refractivity contribution in [3.05, 3.63) is 0 Å². The summed E-state index contributed by atoms with van der Waals surface area (Å²) in [5.41, 5.74) is 0. The van der Waals surface area contributed by atoms with E-state index in [4.69, 9.17) is 24.4 Å². The van der Waals surface area contributed by atoms with Crippen molar-refractivity contribution in [2.24, 2.45) is 5.92 Å². The second kappa shape index (κ2) is 20.5. The number of hydrogen-bond acceptors (Lipinski definition) is 6. The summed E-state index contributed by atoms with van der Waals surface area (Å²) in [6, 6.07) is 0. The largest absolute Gasteiger partial charge is 0.394 e. The summed E-state index contributed by atoms with van der Waals surface area (Å²) in [6.45, 7) is 12.2. The SMILES string of the molecule is CCCCC(CC)COC(CC)CCN(CCOCCO)CCOCCO. The minimum atomic E-state index is 0.0575. The molecule has 0 aromatic heterocycles. The number of ether oxygens (including phenoxy) is 3. The molecule has 0 spiro atoms. The molecule has 27 heavy (non-hydrogen) atoms. The Morgan fingerprint density at radius 1 is 0.778 bits per heavy atom. The molecule has 0 rings (SSSR count). The van der Waals surface area contributed by atoms with Crippen LogP contribution in [0.2, 0.25) is 0 Å². The van der Waals surface area contributed by atoms with Crippen LogP contribution in [-0.2, 0) is 14.2 Å². The van der Waals surface area contributed by atoms with Crippen LogP contribution in [0.5, 0.6) is 0 Å². The number of aliphatic hydroxyl groups is 2. The quantitative estimate of drug-likeness (QED) is 0.293. The molecule has 0 saturated heterocycles. The summed E-state index contributed by atoms with van der Waals surface area (Å²) in [5, 5.41) is 17.6. The Kier molecular flexibility index (Phi) is 20.3. The maximum absolute atomic E-state index is 8.82. The Hall–Kier alpha value is -0.240. The first-order chi connectivity index (χ1) is 13.2. The normalized spacial score (nSPS) is 14.0. The summed E-state index contributed by atoms with van der Waals surface area (Å²) in [6.07, 6.45) is 7.31. The fraction of sp³-hybridized carbons (Fsp3) is 1.00. The first kappa shape index (κ1) is 26.8. The highest BCUT2D eigenvalue weighted by molar-refractivity contribution is 4.65. The lowest BCUT2D eigenvalue weighted by Crippen LogP contribution is -2.34. The first-order valence-electron chi connectivity index (χ1n) is 10.9. The van der Waals surface area contributed by atoms with Gasteiger partial charge in [-0.25, -0.2) is 0 Å². The molecule has 6 heteroatoms. The van der Waals surface area contributed by atoms with Crippen molar-refractivity contribution in [1.29, 1.82) is 0 Å². The fourth-order valence-electron chi connectivity index (χ4n) is 2.96. The summed E-state index contributed by atoms with van der Waals surface area (Å²) < 4.78 is 17.0. The van der Waals surface area contributed by atoms with Gasteiger partial charge in [-0.15, -0.1) is 0 Å². The molecular formula is C21H45NO5.